The van der Waals surface area contributed by atoms with Crippen LogP contribution in [0, 0.1) is 29.6 Å². The molecule has 4 rings (SSSR count). The van der Waals surface area contributed by atoms with Crippen LogP contribution in [-0.2, 0) is 0 Å². The summed E-state index contributed by atoms with van der Waals surface area (Å²) in [5.41, 5.74) is 1.61. The number of hydrogen-bond acceptors (Lipinski definition) is 0. The first-order chi connectivity index (χ1) is 12.8. The fourth-order valence-electron chi connectivity index (χ4n) is 6.82. The molecule has 0 saturated heterocycles. The zero-order valence-electron chi connectivity index (χ0n) is 17.0. The molecular formula is C26H40. The summed E-state index contributed by atoms with van der Waals surface area (Å²) in [5, 5.41) is 0. The van der Waals surface area contributed by atoms with Crippen molar-refractivity contribution in [2.45, 2.75) is 96.3 Å². The van der Waals surface area contributed by atoms with E-state index in [9.17, 15) is 0 Å². The minimum Gasteiger partial charge on any atom is -0.0654 e. The van der Waals surface area contributed by atoms with Gasteiger partial charge < -0.3 is 0 Å². The molecule has 4 unspecified atom stereocenters. The molecule has 144 valence electrons. The summed E-state index contributed by atoms with van der Waals surface area (Å²) in [7, 11) is 0. The maximum Gasteiger partial charge on any atom is -0.0159 e. The van der Waals surface area contributed by atoms with E-state index in [0.717, 1.165) is 35.5 Å². The summed E-state index contributed by atoms with van der Waals surface area (Å²) in [6.07, 6.45) is 19.7. The maximum atomic E-state index is 2.37. The number of hydrogen-bond donors (Lipinski definition) is 0. The fraction of sp³-hybridized carbons (Fsp3) is 0.769. The minimum atomic E-state index is 0.850. The van der Waals surface area contributed by atoms with Crippen molar-refractivity contribution in [2.75, 3.05) is 0 Å². The summed E-state index contributed by atoms with van der Waals surface area (Å²) >= 11 is 0. The van der Waals surface area contributed by atoms with Crippen LogP contribution in [0.1, 0.15) is 102 Å². The molecule has 0 aromatic heterocycles. The summed E-state index contributed by atoms with van der Waals surface area (Å²) in [6.45, 7) is 2.34. The van der Waals surface area contributed by atoms with Crippen molar-refractivity contribution in [3.8, 4) is 0 Å². The smallest absolute Gasteiger partial charge is 0.0159 e. The third kappa shape index (κ3) is 4.37. The summed E-state index contributed by atoms with van der Waals surface area (Å²) in [6, 6.07) is 11.4. The normalized spacial score (nSPS) is 37.9. The van der Waals surface area contributed by atoms with Crippen LogP contribution in [0.4, 0.5) is 0 Å². The quantitative estimate of drug-likeness (QED) is 0.504. The summed E-state index contributed by atoms with van der Waals surface area (Å²) in [4.78, 5) is 0. The first kappa shape index (κ1) is 18.6. The molecule has 0 heterocycles. The first-order valence-corrected chi connectivity index (χ1v) is 11.9. The van der Waals surface area contributed by atoms with E-state index in [2.05, 4.69) is 37.3 Å². The van der Waals surface area contributed by atoms with Crippen LogP contribution in [0.5, 0.6) is 0 Å². The highest BCUT2D eigenvalue weighted by atomic mass is 14.4. The monoisotopic (exact) mass is 352 g/mol. The molecule has 1 aromatic rings. The Morgan fingerprint density at radius 3 is 2.04 bits per heavy atom. The highest BCUT2D eigenvalue weighted by Gasteiger charge is 2.38. The van der Waals surface area contributed by atoms with Crippen molar-refractivity contribution in [3.05, 3.63) is 35.9 Å². The van der Waals surface area contributed by atoms with Crippen LogP contribution < -0.4 is 0 Å². The van der Waals surface area contributed by atoms with Crippen molar-refractivity contribution >= 4 is 0 Å². The van der Waals surface area contributed by atoms with Gasteiger partial charge in [-0.15, -0.1) is 0 Å². The van der Waals surface area contributed by atoms with E-state index >= 15 is 0 Å². The van der Waals surface area contributed by atoms with Crippen LogP contribution >= 0.6 is 0 Å². The van der Waals surface area contributed by atoms with Gasteiger partial charge in [0, 0.05) is 0 Å². The number of rotatable bonds is 5. The molecule has 3 fully saturated rings. The first-order valence-electron chi connectivity index (χ1n) is 11.9. The lowest BCUT2D eigenvalue weighted by atomic mass is 9.60. The van der Waals surface area contributed by atoms with E-state index in [4.69, 9.17) is 0 Å². The van der Waals surface area contributed by atoms with Gasteiger partial charge in [0.2, 0.25) is 0 Å². The minimum absolute atomic E-state index is 0.850. The van der Waals surface area contributed by atoms with E-state index in [1.807, 2.05) is 0 Å². The predicted octanol–water partition coefficient (Wildman–Crippen LogP) is 7.98. The van der Waals surface area contributed by atoms with E-state index in [1.165, 1.54) is 44.9 Å². The average Bonchev–Trinajstić information content (AvgIpc) is 2.72. The van der Waals surface area contributed by atoms with E-state index < -0.39 is 0 Å². The lowest BCUT2D eigenvalue weighted by Crippen LogP contribution is -2.34. The van der Waals surface area contributed by atoms with E-state index in [0.29, 0.717) is 0 Å². The van der Waals surface area contributed by atoms with Crippen molar-refractivity contribution in [3.63, 3.8) is 0 Å². The van der Waals surface area contributed by atoms with E-state index in [-0.39, 0.29) is 0 Å². The SMILES string of the molecule is CCCCC1CCC(C2CCC3CC(c4ccccc4)CCC3C2)CC1. The van der Waals surface area contributed by atoms with Crippen LogP contribution in [0.15, 0.2) is 30.3 Å². The molecule has 0 radical (unpaired) electrons. The Morgan fingerprint density at radius 2 is 1.31 bits per heavy atom. The summed E-state index contributed by atoms with van der Waals surface area (Å²) < 4.78 is 0. The van der Waals surface area contributed by atoms with Crippen molar-refractivity contribution in [1.82, 2.24) is 0 Å². The largest absolute Gasteiger partial charge is 0.0654 e. The molecule has 0 nitrogen and oxygen atoms in total. The topological polar surface area (TPSA) is 0 Å². The van der Waals surface area contributed by atoms with Gasteiger partial charge in [0.15, 0.2) is 0 Å². The van der Waals surface area contributed by atoms with Crippen molar-refractivity contribution in [1.29, 1.82) is 0 Å². The zero-order chi connectivity index (χ0) is 17.8. The third-order valence-corrected chi connectivity index (χ3v) is 8.45. The van der Waals surface area contributed by atoms with Gasteiger partial charge in [-0.1, -0.05) is 69.4 Å². The van der Waals surface area contributed by atoms with Crippen LogP contribution in [0.2, 0.25) is 0 Å². The molecule has 0 N–H and O–H groups in total. The van der Waals surface area contributed by atoms with Gasteiger partial charge in [0.25, 0.3) is 0 Å². The highest BCUT2D eigenvalue weighted by Crippen LogP contribution is 2.51. The molecule has 0 bridgehead atoms. The van der Waals surface area contributed by atoms with Gasteiger partial charge in [-0.3, -0.25) is 0 Å². The predicted molar refractivity (Wildman–Crippen MR) is 112 cm³/mol. The lowest BCUT2D eigenvalue weighted by molar-refractivity contribution is 0.0711. The van der Waals surface area contributed by atoms with Gasteiger partial charge in [-0.2, -0.15) is 0 Å². The van der Waals surface area contributed by atoms with E-state index in [1.54, 1.807) is 44.1 Å². The Morgan fingerprint density at radius 1 is 0.692 bits per heavy atom. The van der Waals surface area contributed by atoms with Crippen molar-refractivity contribution in [2.24, 2.45) is 29.6 Å². The molecule has 26 heavy (non-hydrogen) atoms. The Balaban J connectivity index is 1.26. The zero-order valence-corrected chi connectivity index (χ0v) is 17.0. The lowest BCUT2D eigenvalue weighted by Gasteiger charge is -2.45. The Bertz CT molecular complexity index is 524. The Labute approximate surface area is 162 Å². The number of benzene rings is 1. The van der Waals surface area contributed by atoms with Crippen LogP contribution in [0.25, 0.3) is 0 Å². The third-order valence-electron chi connectivity index (χ3n) is 8.45. The molecule has 0 amide bonds. The van der Waals surface area contributed by atoms with Gasteiger partial charge in [-0.05, 0) is 92.4 Å². The molecule has 4 atom stereocenters. The fourth-order valence-corrected chi connectivity index (χ4v) is 6.82. The Kier molecular flexibility index (Phi) is 6.39. The Hall–Kier alpha value is -0.780. The molecule has 3 saturated carbocycles. The second kappa shape index (κ2) is 8.94. The van der Waals surface area contributed by atoms with Crippen LogP contribution in [0.3, 0.4) is 0 Å². The molecule has 3 aliphatic rings. The van der Waals surface area contributed by atoms with Crippen LogP contribution in [-0.4, -0.2) is 0 Å². The molecular weight excluding hydrogens is 312 g/mol. The molecule has 1 aromatic carbocycles. The average molecular weight is 353 g/mol. The van der Waals surface area contributed by atoms with Gasteiger partial charge >= 0.3 is 0 Å². The molecule has 0 spiro atoms. The number of fused-ring (bicyclic) bond motifs is 1. The standard InChI is InChI=1S/C26H40/c1-2-3-7-20-10-12-22(13-11-20)24-15-17-25-18-23(14-16-26(25)19-24)21-8-5-4-6-9-21/h4-6,8-9,20,22-26H,2-3,7,10-19H2,1H3. The van der Waals surface area contributed by atoms with Gasteiger partial charge in [0.05, 0.1) is 0 Å². The highest BCUT2D eigenvalue weighted by molar-refractivity contribution is 5.20. The number of unbranched alkanes of at least 4 members (excludes halogenated alkanes) is 1. The second-order valence-electron chi connectivity index (χ2n) is 9.94. The summed E-state index contributed by atoms with van der Waals surface area (Å²) in [5.74, 6) is 6.18. The molecule has 3 aliphatic carbocycles. The molecule has 0 heteroatoms. The van der Waals surface area contributed by atoms with Gasteiger partial charge in [-0.25, -0.2) is 0 Å². The maximum absolute atomic E-state index is 2.37. The van der Waals surface area contributed by atoms with Gasteiger partial charge in [0.1, 0.15) is 0 Å². The molecule has 0 aliphatic heterocycles. The van der Waals surface area contributed by atoms with Crippen molar-refractivity contribution < 1.29 is 0 Å². The second-order valence-corrected chi connectivity index (χ2v) is 9.94.